The van der Waals surface area contributed by atoms with Crippen molar-refractivity contribution in [2.24, 2.45) is 11.5 Å². The normalized spacial score (nSPS) is 22.4. The lowest BCUT2D eigenvalue weighted by atomic mass is 9.91. The van der Waals surface area contributed by atoms with Gasteiger partial charge in [-0.25, -0.2) is 9.37 Å². The molecule has 0 bridgehead atoms. The number of halogens is 1. The zero-order valence-corrected chi connectivity index (χ0v) is 13.7. The van der Waals surface area contributed by atoms with Crippen molar-refractivity contribution in [1.82, 2.24) is 15.8 Å². The summed E-state index contributed by atoms with van der Waals surface area (Å²) in [7, 11) is 0. The molecule has 8 N–H and O–H groups in total. The number of hydrogen-bond acceptors (Lipinski definition) is 7. The molecule has 8 nitrogen and oxygen atoms in total. The fraction of sp³-hybridized carbons (Fsp3) is 0.375. The number of carbonyl (C=O) groups excluding carboxylic acids is 1. The second-order valence-corrected chi connectivity index (χ2v) is 6.13. The van der Waals surface area contributed by atoms with Crippen molar-refractivity contribution in [3.05, 3.63) is 41.6 Å². The smallest absolute Gasteiger partial charge is 0.252 e. The van der Waals surface area contributed by atoms with E-state index in [1.807, 2.05) is 0 Å². The van der Waals surface area contributed by atoms with Crippen molar-refractivity contribution in [2.45, 2.75) is 37.8 Å². The number of amides is 1. The lowest BCUT2D eigenvalue weighted by molar-refractivity contribution is 0.100. The highest BCUT2D eigenvalue weighted by Crippen LogP contribution is 2.25. The first-order chi connectivity index (χ1) is 12.0. The standard InChI is InChI=1S/C16H22FN7O/c17-11-7-10(14(19)25)15(22-9-5-6-20-21-8-9)24-16(11)23-13-4-2-1-3-12(13)18/h5-8,12-13,20-21H,1-4,18H2,(H2,19,25)(H2,22,23,24)/t12-,13+/m0/s1. The Labute approximate surface area is 144 Å². The van der Waals surface area contributed by atoms with E-state index < -0.39 is 11.7 Å². The number of hydrogen-bond donors (Lipinski definition) is 6. The third kappa shape index (κ3) is 4.00. The molecule has 25 heavy (non-hydrogen) atoms. The Kier molecular flexibility index (Phi) is 5.03. The van der Waals surface area contributed by atoms with E-state index in [2.05, 4.69) is 26.5 Å². The van der Waals surface area contributed by atoms with Gasteiger partial charge in [-0.2, -0.15) is 0 Å². The summed E-state index contributed by atoms with van der Waals surface area (Å²) in [6, 6.07) is 0.983. The average molecular weight is 347 g/mol. The molecule has 1 aliphatic heterocycles. The molecule has 1 fully saturated rings. The Morgan fingerprint density at radius 3 is 2.76 bits per heavy atom. The largest absolute Gasteiger partial charge is 0.365 e. The van der Waals surface area contributed by atoms with Crippen LogP contribution < -0.4 is 33.0 Å². The first kappa shape index (κ1) is 17.0. The van der Waals surface area contributed by atoms with Gasteiger partial charge in [0.05, 0.1) is 11.3 Å². The van der Waals surface area contributed by atoms with E-state index in [0.717, 1.165) is 31.7 Å². The van der Waals surface area contributed by atoms with E-state index in [1.165, 1.54) is 0 Å². The number of nitrogens with zero attached hydrogens (tertiary/aromatic N) is 1. The Morgan fingerprint density at radius 1 is 1.28 bits per heavy atom. The topological polar surface area (TPSA) is 130 Å². The molecule has 1 aromatic rings. The van der Waals surface area contributed by atoms with Crippen LogP contribution in [0.1, 0.15) is 36.0 Å². The third-order valence-corrected chi connectivity index (χ3v) is 4.30. The SMILES string of the molecule is NC(=O)c1cc(F)c(N[C@@H]2CCCC[C@@H]2N)nc1NC1=CNNC=C1. The predicted molar refractivity (Wildman–Crippen MR) is 93.7 cm³/mol. The summed E-state index contributed by atoms with van der Waals surface area (Å²) in [6.07, 6.45) is 8.89. The Bertz CT molecular complexity index is 719. The van der Waals surface area contributed by atoms with E-state index in [4.69, 9.17) is 11.5 Å². The monoisotopic (exact) mass is 347 g/mol. The number of nitrogens with two attached hydrogens (primary N) is 2. The molecule has 3 rings (SSSR count). The number of allylic oxidation sites excluding steroid dienone is 1. The molecular formula is C16H22FN7O. The van der Waals surface area contributed by atoms with Crippen LogP contribution in [0.25, 0.3) is 0 Å². The molecule has 1 amide bonds. The van der Waals surface area contributed by atoms with Crippen molar-refractivity contribution in [2.75, 3.05) is 10.6 Å². The number of primary amides is 1. The number of nitrogens with one attached hydrogen (secondary N) is 4. The van der Waals surface area contributed by atoms with Crippen LogP contribution in [0.2, 0.25) is 0 Å². The van der Waals surface area contributed by atoms with E-state index in [0.29, 0.717) is 5.70 Å². The number of rotatable bonds is 5. The maximum absolute atomic E-state index is 14.4. The summed E-state index contributed by atoms with van der Waals surface area (Å²) in [5.74, 6) is -1.16. The van der Waals surface area contributed by atoms with Crippen molar-refractivity contribution in [1.29, 1.82) is 0 Å². The number of pyridine rings is 1. The molecule has 0 saturated heterocycles. The van der Waals surface area contributed by atoms with E-state index in [-0.39, 0.29) is 29.3 Å². The number of aromatic nitrogens is 1. The summed E-state index contributed by atoms with van der Waals surface area (Å²) in [5, 5.41) is 6.04. The second kappa shape index (κ2) is 7.39. The maximum Gasteiger partial charge on any atom is 0.252 e. The Morgan fingerprint density at radius 2 is 2.08 bits per heavy atom. The zero-order chi connectivity index (χ0) is 17.8. The molecule has 2 atom stereocenters. The van der Waals surface area contributed by atoms with Crippen LogP contribution in [0.15, 0.2) is 30.2 Å². The highest BCUT2D eigenvalue weighted by molar-refractivity contribution is 5.98. The third-order valence-electron chi connectivity index (χ3n) is 4.30. The van der Waals surface area contributed by atoms with Gasteiger partial charge in [-0.05, 0) is 25.0 Å². The van der Waals surface area contributed by atoms with Crippen LogP contribution in [0, 0.1) is 5.82 Å². The molecule has 0 radical (unpaired) electrons. The lowest BCUT2D eigenvalue weighted by Crippen LogP contribution is -2.43. The summed E-state index contributed by atoms with van der Waals surface area (Å²) in [6.45, 7) is 0. The summed E-state index contributed by atoms with van der Waals surface area (Å²) in [4.78, 5) is 15.9. The fourth-order valence-corrected chi connectivity index (χ4v) is 2.95. The molecule has 1 saturated carbocycles. The first-order valence-corrected chi connectivity index (χ1v) is 8.22. The molecule has 9 heteroatoms. The minimum Gasteiger partial charge on any atom is -0.365 e. The first-order valence-electron chi connectivity index (χ1n) is 8.22. The van der Waals surface area contributed by atoms with Gasteiger partial charge < -0.3 is 33.0 Å². The van der Waals surface area contributed by atoms with Crippen molar-refractivity contribution >= 4 is 17.5 Å². The molecule has 0 spiro atoms. The molecule has 2 heterocycles. The van der Waals surface area contributed by atoms with E-state index >= 15 is 0 Å². The number of anilines is 2. The molecule has 1 aromatic heterocycles. The van der Waals surface area contributed by atoms with Crippen LogP contribution in [-0.2, 0) is 0 Å². The molecular weight excluding hydrogens is 325 g/mol. The van der Waals surface area contributed by atoms with Crippen molar-refractivity contribution < 1.29 is 9.18 Å². The summed E-state index contributed by atoms with van der Waals surface area (Å²) >= 11 is 0. The van der Waals surface area contributed by atoms with Gasteiger partial charge in [0, 0.05) is 24.5 Å². The Balaban J connectivity index is 1.88. The van der Waals surface area contributed by atoms with Crippen molar-refractivity contribution in [3.63, 3.8) is 0 Å². The van der Waals surface area contributed by atoms with Gasteiger partial charge in [-0.1, -0.05) is 12.8 Å². The van der Waals surface area contributed by atoms with Crippen LogP contribution in [-0.4, -0.2) is 23.0 Å². The summed E-state index contributed by atoms with van der Waals surface area (Å²) in [5.41, 5.74) is 17.6. The van der Waals surface area contributed by atoms with Gasteiger partial charge in [-0.15, -0.1) is 0 Å². The Hall–Kier alpha value is -2.81. The molecule has 0 unspecified atom stereocenters. The second-order valence-electron chi connectivity index (χ2n) is 6.13. The predicted octanol–water partition coefficient (Wildman–Crippen LogP) is 0.876. The van der Waals surface area contributed by atoms with Gasteiger partial charge >= 0.3 is 0 Å². The lowest BCUT2D eigenvalue weighted by Gasteiger charge is -2.30. The van der Waals surface area contributed by atoms with Crippen LogP contribution in [0.4, 0.5) is 16.0 Å². The zero-order valence-electron chi connectivity index (χ0n) is 13.7. The number of carbonyl (C=O) groups is 1. The molecule has 0 aromatic carbocycles. The van der Waals surface area contributed by atoms with Gasteiger partial charge in [0.2, 0.25) is 0 Å². The molecule has 134 valence electrons. The van der Waals surface area contributed by atoms with E-state index in [9.17, 15) is 9.18 Å². The maximum atomic E-state index is 14.4. The molecule has 1 aliphatic carbocycles. The van der Waals surface area contributed by atoms with Crippen LogP contribution in [0.3, 0.4) is 0 Å². The molecule has 2 aliphatic rings. The average Bonchev–Trinajstić information content (AvgIpc) is 2.60. The van der Waals surface area contributed by atoms with Gasteiger partial charge in [0.25, 0.3) is 5.91 Å². The van der Waals surface area contributed by atoms with Gasteiger partial charge in [-0.3, -0.25) is 4.79 Å². The van der Waals surface area contributed by atoms with Gasteiger partial charge in [0.15, 0.2) is 11.6 Å². The highest BCUT2D eigenvalue weighted by atomic mass is 19.1. The minimum atomic E-state index is -0.763. The number of hydrazine groups is 1. The van der Waals surface area contributed by atoms with Crippen LogP contribution >= 0.6 is 0 Å². The van der Waals surface area contributed by atoms with Gasteiger partial charge in [0.1, 0.15) is 5.82 Å². The van der Waals surface area contributed by atoms with Crippen LogP contribution in [0.5, 0.6) is 0 Å². The quantitative estimate of drug-likeness (QED) is 0.466. The van der Waals surface area contributed by atoms with E-state index in [1.54, 1.807) is 18.5 Å². The fourth-order valence-electron chi connectivity index (χ4n) is 2.95. The van der Waals surface area contributed by atoms with Crippen molar-refractivity contribution in [3.8, 4) is 0 Å². The minimum absolute atomic E-state index is 0.0242. The summed E-state index contributed by atoms with van der Waals surface area (Å²) < 4.78 is 14.4. The highest BCUT2D eigenvalue weighted by Gasteiger charge is 2.24.